The van der Waals surface area contributed by atoms with Crippen molar-refractivity contribution in [2.24, 2.45) is 5.41 Å². The zero-order valence-electron chi connectivity index (χ0n) is 5.74. The smallest absolute Gasteiger partial charge is 0.00117 e. The molecule has 0 atom stereocenters. The van der Waals surface area contributed by atoms with Gasteiger partial charge in [-0.3, -0.25) is 0 Å². The number of hydrogen-bond donors (Lipinski definition) is 0. The summed E-state index contributed by atoms with van der Waals surface area (Å²) >= 11 is 0. The molecule has 48 valence electrons. The van der Waals surface area contributed by atoms with Gasteiger partial charge in [0.2, 0.25) is 0 Å². The fraction of sp³-hybridized carbons (Fsp3) is 0.667. The summed E-state index contributed by atoms with van der Waals surface area (Å²) < 4.78 is 0. The maximum absolute atomic E-state index is 3.72. The molecular weight excluding hydrogens is 108 g/mol. The number of hydrogen-bond acceptors (Lipinski definition) is 0. The van der Waals surface area contributed by atoms with Crippen LogP contribution in [0.5, 0.6) is 0 Å². The first kappa shape index (κ1) is 5.32. The summed E-state index contributed by atoms with van der Waals surface area (Å²) in [5.74, 6) is 0. The van der Waals surface area contributed by atoms with Gasteiger partial charge in [0.05, 0.1) is 0 Å². The third-order valence-electron chi connectivity index (χ3n) is 2.79. The first-order valence-electron chi connectivity index (χ1n) is 3.77. The summed E-state index contributed by atoms with van der Waals surface area (Å²) in [7, 11) is 0. The summed E-state index contributed by atoms with van der Waals surface area (Å²) in [6, 6.07) is 0. The highest BCUT2D eigenvalue weighted by atomic mass is 14.5. The summed E-state index contributed by atoms with van der Waals surface area (Å²) in [6.45, 7) is 3.72. The van der Waals surface area contributed by atoms with E-state index in [1.54, 1.807) is 0 Å². The van der Waals surface area contributed by atoms with E-state index in [0.29, 0.717) is 5.41 Å². The van der Waals surface area contributed by atoms with Crippen LogP contribution >= 0.6 is 0 Å². The molecule has 0 heteroatoms. The second-order valence-corrected chi connectivity index (χ2v) is 3.29. The Morgan fingerprint density at radius 1 is 1.33 bits per heavy atom. The van der Waals surface area contributed by atoms with Crippen molar-refractivity contribution in [1.29, 1.82) is 0 Å². The lowest BCUT2D eigenvalue weighted by Crippen LogP contribution is -1.91. The molecule has 2 saturated carbocycles. The van der Waals surface area contributed by atoms with E-state index in [0.717, 1.165) is 0 Å². The first-order chi connectivity index (χ1) is 4.37. The first-order valence-corrected chi connectivity index (χ1v) is 3.77. The lowest BCUT2D eigenvalue weighted by molar-refractivity contribution is 0.626. The molecule has 0 amide bonds. The van der Waals surface area contributed by atoms with Crippen LogP contribution in [-0.2, 0) is 0 Å². The van der Waals surface area contributed by atoms with E-state index in [1.807, 2.05) is 0 Å². The molecule has 0 saturated heterocycles. The molecule has 0 nitrogen and oxygen atoms in total. The van der Waals surface area contributed by atoms with Gasteiger partial charge in [-0.25, -0.2) is 0 Å². The molecule has 2 aliphatic carbocycles. The van der Waals surface area contributed by atoms with Crippen molar-refractivity contribution in [3.05, 3.63) is 17.9 Å². The standard InChI is InChI=1S/C9H12/c1-2-8-4-3-5-9(8)6-7-9/h1,3-7H2. The van der Waals surface area contributed by atoms with E-state index in [1.165, 1.54) is 37.7 Å². The molecule has 0 aromatic carbocycles. The van der Waals surface area contributed by atoms with Gasteiger partial charge in [-0.15, -0.1) is 5.73 Å². The van der Waals surface area contributed by atoms with Crippen molar-refractivity contribution in [2.75, 3.05) is 0 Å². The van der Waals surface area contributed by atoms with Crippen molar-refractivity contribution in [3.8, 4) is 0 Å². The number of rotatable bonds is 0. The van der Waals surface area contributed by atoms with Crippen LogP contribution < -0.4 is 0 Å². The second kappa shape index (κ2) is 1.52. The van der Waals surface area contributed by atoms with Gasteiger partial charge in [-0.2, -0.15) is 0 Å². The zero-order chi connectivity index (χ0) is 6.32. The predicted molar refractivity (Wildman–Crippen MR) is 38.2 cm³/mol. The molecule has 0 radical (unpaired) electrons. The molecule has 0 aromatic heterocycles. The Bertz CT molecular complexity index is 178. The maximum Gasteiger partial charge on any atom is -0.00117 e. The van der Waals surface area contributed by atoms with Crippen molar-refractivity contribution >= 4 is 0 Å². The highest BCUT2D eigenvalue weighted by Gasteiger charge is 2.48. The zero-order valence-corrected chi connectivity index (χ0v) is 5.74. The molecule has 2 fully saturated rings. The fourth-order valence-electron chi connectivity index (χ4n) is 2.00. The van der Waals surface area contributed by atoms with Gasteiger partial charge >= 0.3 is 0 Å². The third-order valence-corrected chi connectivity index (χ3v) is 2.79. The molecule has 0 unspecified atom stereocenters. The largest absolute Gasteiger partial charge is 0.129 e. The average molecular weight is 120 g/mol. The van der Waals surface area contributed by atoms with Crippen molar-refractivity contribution in [1.82, 2.24) is 0 Å². The van der Waals surface area contributed by atoms with E-state index < -0.39 is 0 Å². The van der Waals surface area contributed by atoms with Crippen LogP contribution in [0.1, 0.15) is 32.1 Å². The van der Waals surface area contributed by atoms with Gasteiger partial charge < -0.3 is 0 Å². The minimum absolute atomic E-state index is 0.655. The molecule has 0 aromatic rings. The molecule has 1 spiro atoms. The molecular formula is C9H12. The summed E-state index contributed by atoms with van der Waals surface area (Å²) in [6.07, 6.45) is 6.93. The molecule has 0 N–H and O–H groups in total. The SMILES string of the molecule is C=C=C1CCCC12CC2. The van der Waals surface area contributed by atoms with E-state index in [2.05, 4.69) is 12.3 Å². The summed E-state index contributed by atoms with van der Waals surface area (Å²) in [5, 5.41) is 0. The maximum atomic E-state index is 3.72. The second-order valence-electron chi connectivity index (χ2n) is 3.29. The lowest BCUT2D eigenvalue weighted by Gasteiger charge is -2.02. The Morgan fingerprint density at radius 2 is 2.11 bits per heavy atom. The molecule has 2 rings (SSSR count). The lowest BCUT2D eigenvalue weighted by atomic mass is 10.0. The van der Waals surface area contributed by atoms with Gasteiger partial charge in [0.15, 0.2) is 0 Å². The predicted octanol–water partition coefficient (Wildman–Crippen LogP) is 2.66. The Balaban J connectivity index is 2.33. The molecule has 0 bridgehead atoms. The van der Waals surface area contributed by atoms with Crippen molar-refractivity contribution in [3.63, 3.8) is 0 Å². The highest BCUT2D eigenvalue weighted by molar-refractivity contribution is 5.24. The summed E-state index contributed by atoms with van der Waals surface area (Å²) in [4.78, 5) is 0. The average Bonchev–Trinajstić information content (AvgIpc) is 2.45. The van der Waals surface area contributed by atoms with Gasteiger partial charge in [0.25, 0.3) is 0 Å². The molecule has 0 aliphatic heterocycles. The highest BCUT2D eigenvalue weighted by Crippen LogP contribution is 2.60. The van der Waals surface area contributed by atoms with Crippen molar-refractivity contribution in [2.45, 2.75) is 32.1 Å². The van der Waals surface area contributed by atoms with Crippen LogP contribution in [0, 0.1) is 5.41 Å². The van der Waals surface area contributed by atoms with Gasteiger partial charge in [-0.05, 0) is 43.1 Å². The topological polar surface area (TPSA) is 0 Å². The van der Waals surface area contributed by atoms with Crippen LogP contribution in [0.3, 0.4) is 0 Å². The minimum atomic E-state index is 0.655. The van der Waals surface area contributed by atoms with Crippen LogP contribution in [0.2, 0.25) is 0 Å². The Labute approximate surface area is 56.3 Å². The van der Waals surface area contributed by atoms with Gasteiger partial charge in [-0.1, -0.05) is 6.58 Å². The molecule has 0 heterocycles. The normalized spacial score (nSPS) is 28.7. The van der Waals surface area contributed by atoms with Crippen LogP contribution in [0.4, 0.5) is 0 Å². The monoisotopic (exact) mass is 120 g/mol. The Kier molecular flexibility index (Phi) is 0.896. The van der Waals surface area contributed by atoms with Crippen LogP contribution in [0.25, 0.3) is 0 Å². The summed E-state index contributed by atoms with van der Waals surface area (Å²) in [5.41, 5.74) is 5.27. The fourth-order valence-corrected chi connectivity index (χ4v) is 2.00. The van der Waals surface area contributed by atoms with E-state index in [9.17, 15) is 0 Å². The molecule has 9 heavy (non-hydrogen) atoms. The van der Waals surface area contributed by atoms with Crippen LogP contribution in [-0.4, -0.2) is 0 Å². The molecule has 2 aliphatic rings. The van der Waals surface area contributed by atoms with Crippen molar-refractivity contribution < 1.29 is 0 Å². The van der Waals surface area contributed by atoms with Gasteiger partial charge in [0, 0.05) is 0 Å². The van der Waals surface area contributed by atoms with E-state index >= 15 is 0 Å². The quantitative estimate of drug-likeness (QED) is 0.431. The van der Waals surface area contributed by atoms with E-state index in [4.69, 9.17) is 0 Å². The minimum Gasteiger partial charge on any atom is -0.129 e. The number of allylic oxidation sites excluding steroid dienone is 1. The van der Waals surface area contributed by atoms with Crippen LogP contribution in [0.15, 0.2) is 17.9 Å². The Hall–Kier alpha value is -0.480. The third kappa shape index (κ3) is 0.601. The van der Waals surface area contributed by atoms with E-state index in [-0.39, 0.29) is 0 Å². The Morgan fingerprint density at radius 3 is 2.56 bits per heavy atom. The van der Waals surface area contributed by atoms with Gasteiger partial charge in [0.1, 0.15) is 0 Å².